The van der Waals surface area contributed by atoms with Crippen molar-refractivity contribution in [2.75, 3.05) is 0 Å². The first-order valence-electron chi connectivity index (χ1n) is 5.79. The topological polar surface area (TPSA) is 43.8 Å². The first-order valence-corrected chi connectivity index (χ1v) is 5.79. The molecule has 3 rings (SSSR count). The van der Waals surface area contributed by atoms with Crippen molar-refractivity contribution >= 4 is 10.9 Å². The summed E-state index contributed by atoms with van der Waals surface area (Å²) in [4.78, 5) is 0. The molecule has 2 aromatic rings. The molecule has 0 spiro atoms. The molecule has 1 aliphatic carbocycles. The molecule has 3 nitrogen and oxygen atoms in total. The number of hydrogen-bond donors (Lipinski definition) is 1. The van der Waals surface area contributed by atoms with Crippen LogP contribution < -0.4 is 5.73 Å². The van der Waals surface area contributed by atoms with Gasteiger partial charge in [-0.15, -0.1) is 0 Å². The Hall–Kier alpha value is -1.35. The van der Waals surface area contributed by atoms with E-state index in [0.29, 0.717) is 0 Å². The third-order valence-corrected chi connectivity index (χ3v) is 3.55. The van der Waals surface area contributed by atoms with Crippen LogP contribution in [0.25, 0.3) is 10.9 Å². The van der Waals surface area contributed by atoms with Crippen molar-refractivity contribution in [2.24, 2.45) is 12.8 Å². The number of rotatable bonds is 2. The average molecular weight is 215 g/mol. The van der Waals surface area contributed by atoms with Gasteiger partial charge in [0, 0.05) is 18.0 Å². The van der Waals surface area contributed by atoms with Gasteiger partial charge in [-0.1, -0.05) is 6.07 Å². The maximum atomic E-state index is 6.15. The number of fused-ring (bicyclic) bond motifs is 1. The molecule has 1 aromatic heterocycles. The zero-order chi connectivity index (χ0) is 11.3. The molecule has 1 saturated carbocycles. The van der Waals surface area contributed by atoms with Gasteiger partial charge in [-0.2, -0.15) is 5.10 Å². The van der Waals surface area contributed by atoms with Crippen molar-refractivity contribution in [3.8, 4) is 0 Å². The van der Waals surface area contributed by atoms with Gasteiger partial charge >= 0.3 is 0 Å². The van der Waals surface area contributed by atoms with Gasteiger partial charge in [0.2, 0.25) is 0 Å². The minimum atomic E-state index is 0.0871. The Kier molecular flexibility index (Phi) is 1.89. The maximum absolute atomic E-state index is 6.15. The van der Waals surface area contributed by atoms with Crippen LogP contribution in [0, 0.1) is 6.92 Å². The third kappa shape index (κ3) is 1.52. The molecule has 1 heterocycles. The van der Waals surface area contributed by atoms with E-state index in [2.05, 4.69) is 30.2 Å². The van der Waals surface area contributed by atoms with Crippen LogP contribution in [0.15, 0.2) is 18.2 Å². The van der Waals surface area contributed by atoms with Crippen molar-refractivity contribution in [2.45, 2.75) is 31.7 Å². The van der Waals surface area contributed by atoms with Crippen molar-refractivity contribution in [1.82, 2.24) is 9.78 Å². The van der Waals surface area contributed by atoms with Gasteiger partial charge in [0.25, 0.3) is 0 Å². The Morgan fingerprint density at radius 3 is 2.88 bits per heavy atom. The lowest BCUT2D eigenvalue weighted by atomic mass is 10.0. The number of aryl methyl sites for hydroxylation is 2. The lowest BCUT2D eigenvalue weighted by Crippen LogP contribution is -2.24. The van der Waals surface area contributed by atoms with Crippen molar-refractivity contribution in [1.29, 1.82) is 0 Å². The number of nitrogens with two attached hydrogens (primary N) is 1. The summed E-state index contributed by atoms with van der Waals surface area (Å²) >= 11 is 0. The van der Waals surface area contributed by atoms with E-state index in [0.717, 1.165) is 25.0 Å². The Bertz CT molecular complexity index is 550. The van der Waals surface area contributed by atoms with Crippen LogP contribution in [-0.2, 0) is 13.5 Å². The summed E-state index contributed by atoms with van der Waals surface area (Å²) in [5.41, 5.74) is 9.86. The van der Waals surface area contributed by atoms with Crippen molar-refractivity contribution in [3.63, 3.8) is 0 Å². The summed E-state index contributed by atoms with van der Waals surface area (Å²) in [6.45, 7) is 2.06. The normalized spacial score (nSPS) is 17.9. The average Bonchev–Trinajstić information content (AvgIpc) is 2.88. The summed E-state index contributed by atoms with van der Waals surface area (Å²) in [7, 11) is 1.99. The fraction of sp³-hybridized carbons (Fsp3) is 0.462. The summed E-state index contributed by atoms with van der Waals surface area (Å²) in [5, 5.41) is 5.68. The van der Waals surface area contributed by atoms with E-state index in [-0.39, 0.29) is 5.54 Å². The van der Waals surface area contributed by atoms with Crippen LogP contribution in [0.3, 0.4) is 0 Å². The van der Waals surface area contributed by atoms with Crippen LogP contribution >= 0.6 is 0 Å². The molecule has 0 radical (unpaired) electrons. The Labute approximate surface area is 95.2 Å². The van der Waals surface area contributed by atoms with Gasteiger partial charge < -0.3 is 5.73 Å². The van der Waals surface area contributed by atoms with Gasteiger partial charge in [-0.3, -0.25) is 4.68 Å². The molecule has 16 heavy (non-hydrogen) atoms. The molecule has 2 N–H and O–H groups in total. The van der Waals surface area contributed by atoms with Gasteiger partial charge in [0.15, 0.2) is 0 Å². The molecular weight excluding hydrogens is 198 g/mol. The molecule has 1 aromatic carbocycles. The van der Waals surface area contributed by atoms with Crippen LogP contribution in [0.1, 0.15) is 24.1 Å². The van der Waals surface area contributed by atoms with E-state index < -0.39 is 0 Å². The molecule has 0 saturated heterocycles. The fourth-order valence-electron chi connectivity index (χ4n) is 2.34. The van der Waals surface area contributed by atoms with Crippen LogP contribution in [-0.4, -0.2) is 15.3 Å². The Morgan fingerprint density at radius 2 is 2.19 bits per heavy atom. The van der Waals surface area contributed by atoms with Crippen LogP contribution in [0.2, 0.25) is 0 Å². The molecule has 3 heteroatoms. The Balaban J connectivity index is 2.04. The summed E-state index contributed by atoms with van der Waals surface area (Å²) in [5.74, 6) is 0. The molecular formula is C13H17N3. The van der Waals surface area contributed by atoms with Gasteiger partial charge in [-0.25, -0.2) is 0 Å². The molecule has 1 fully saturated rings. The fourth-order valence-corrected chi connectivity index (χ4v) is 2.34. The second-order valence-corrected chi connectivity index (χ2v) is 5.10. The lowest BCUT2D eigenvalue weighted by molar-refractivity contribution is 0.672. The smallest absolute Gasteiger partial charge is 0.0682 e. The largest absolute Gasteiger partial charge is 0.325 e. The predicted octanol–water partition coefficient (Wildman–Crippen LogP) is 1.92. The molecule has 0 unspecified atom stereocenters. The SMILES string of the molecule is Cc1nn(C)c2ccc(CC3(N)CC3)cc12. The first kappa shape index (κ1) is 9.85. The minimum Gasteiger partial charge on any atom is -0.325 e. The summed E-state index contributed by atoms with van der Waals surface area (Å²) < 4.78 is 1.93. The molecule has 0 atom stereocenters. The second kappa shape index (κ2) is 3.08. The standard InChI is InChI=1S/C13H17N3/c1-9-11-7-10(8-13(14)5-6-13)3-4-12(11)16(2)15-9/h3-4,7H,5-6,8,14H2,1-2H3. The van der Waals surface area contributed by atoms with Crippen molar-refractivity contribution < 1.29 is 0 Å². The molecule has 0 amide bonds. The van der Waals surface area contributed by atoms with Crippen molar-refractivity contribution in [3.05, 3.63) is 29.5 Å². The Morgan fingerprint density at radius 1 is 1.44 bits per heavy atom. The highest BCUT2D eigenvalue weighted by molar-refractivity contribution is 5.82. The predicted molar refractivity (Wildman–Crippen MR) is 65.3 cm³/mol. The number of nitrogens with zero attached hydrogens (tertiary/aromatic N) is 2. The van der Waals surface area contributed by atoms with Gasteiger partial charge in [-0.05, 0) is 43.9 Å². The van der Waals surface area contributed by atoms with E-state index in [1.165, 1.54) is 16.5 Å². The highest BCUT2D eigenvalue weighted by Gasteiger charge is 2.37. The first-order chi connectivity index (χ1) is 7.57. The zero-order valence-electron chi connectivity index (χ0n) is 9.83. The molecule has 0 bridgehead atoms. The summed E-state index contributed by atoms with van der Waals surface area (Å²) in [6, 6.07) is 6.57. The number of hydrogen-bond acceptors (Lipinski definition) is 2. The van der Waals surface area contributed by atoms with Gasteiger partial charge in [0.05, 0.1) is 11.2 Å². The van der Waals surface area contributed by atoms with E-state index in [1.54, 1.807) is 0 Å². The van der Waals surface area contributed by atoms with E-state index in [9.17, 15) is 0 Å². The molecule has 0 aliphatic heterocycles. The summed E-state index contributed by atoms with van der Waals surface area (Å²) in [6.07, 6.45) is 3.32. The van der Waals surface area contributed by atoms with E-state index >= 15 is 0 Å². The highest BCUT2D eigenvalue weighted by atomic mass is 15.3. The zero-order valence-corrected chi connectivity index (χ0v) is 9.83. The lowest BCUT2D eigenvalue weighted by Gasteiger charge is -2.08. The van der Waals surface area contributed by atoms with Gasteiger partial charge in [0.1, 0.15) is 0 Å². The molecule has 84 valence electrons. The quantitative estimate of drug-likeness (QED) is 0.831. The monoisotopic (exact) mass is 215 g/mol. The van der Waals surface area contributed by atoms with E-state index in [1.807, 2.05) is 11.7 Å². The highest BCUT2D eigenvalue weighted by Crippen LogP contribution is 2.36. The van der Waals surface area contributed by atoms with Crippen LogP contribution in [0.5, 0.6) is 0 Å². The second-order valence-electron chi connectivity index (χ2n) is 5.10. The maximum Gasteiger partial charge on any atom is 0.0682 e. The molecule has 1 aliphatic rings. The number of aromatic nitrogens is 2. The third-order valence-electron chi connectivity index (χ3n) is 3.55. The number of benzene rings is 1. The van der Waals surface area contributed by atoms with E-state index in [4.69, 9.17) is 5.73 Å². The van der Waals surface area contributed by atoms with Crippen LogP contribution in [0.4, 0.5) is 0 Å². The minimum absolute atomic E-state index is 0.0871.